The van der Waals surface area contributed by atoms with Gasteiger partial charge in [-0.05, 0) is 31.6 Å². The third-order valence-electron chi connectivity index (χ3n) is 2.79. The molecule has 0 radical (unpaired) electrons. The summed E-state index contributed by atoms with van der Waals surface area (Å²) >= 11 is 0. The van der Waals surface area contributed by atoms with Crippen LogP contribution in [0.15, 0.2) is 0 Å². The molecule has 0 aliphatic rings. The molecule has 0 saturated heterocycles. The van der Waals surface area contributed by atoms with Gasteiger partial charge in [0.15, 0.2) is 5.78 Å². The summed E-state index contributed by atoms with van der Waals surface area (Å²) in [5.41, 5.74) is 0. The van der Waals surface area contributed by atoms with E-state index in [-0.39, 0.29) is 18.3 Å². The summed E-state index contributed by atoms with van der Waals surface area (Å²) in [7, 11) is 0. The molecule has 0 rings (SSSR count). The summed E-state index contributed by atoms with van der Waals surface area (Å²) in [6.07, 6.45) is 4.37. The van der Waals surface area contributed by atoms with Crippen LogP contribution in [0.4, 0.5) is 0 Å². The van der Waals surface area contributed by atoms with Gasteiger partial charge in [-0.25, -0.2) is 0 Å². The maximum absolute atomic E-state index is 11.3. The Morgan fingerprint density at radius 1 is 0.889 bits per heavy atom. The quantitative estimate of drug-likeness (QED) is 0.503. The molecule has 0 saturated carbocycles. The molecule has 0 aliphatic heterocycles. The molecule has 0 heterocycles. The second kappa shape index (κ2) is 11.7. The molecule has 0 aromatic heterocycles. The lowest BCUT2D eigenvalue weighted by molar-refractivity contribution is -0.126. The summed E-state index contributed by atoms with van der Waals surface area (Å²) in [6.45, 7) is 10.9. The fourth-order valence-corrected chi connectivity index (χ4v) is 1.44. The van der Waals surface area contributed by atoms with E-state index >= 15 is 0 Å². The monoisotopic (exact) mass is 258 g/mol. The summed E-state index contributed by atoms with van der Waals surface area (Å²) < 4.78 is 10.8. The van der Waals surface area contributed by atoms with E-state index in [4.69, 9.17) is 9.47 Å². The van der Waals surface area contributed by atoms with Crippen LogP contribution in [-0.4, -0.2) is 32.2 Å². The Morgan fingerprint density at radius 2 is 1.44 bits per heavy atom. The summed E-state index contributed by atoms with van der Waals surface area (Å²) in [4.78, 5) is 11.3. The van der Waals surface area contributed by atoms with Crippen LogP contribution in [-0.2, 0) is 14.3 Å². The highest BCUT2D eigenvalue weighted by Gasteiger charge is 2.06. The Bertz CT molecular complexity index is 200. The second-order valence-electron chi connectivity index (χ2n) is 5.53. The van der Waals surface area contributed by atoms with Gasteiger partial charge in [-0.15, -0.1) is 0 Å². The van der Waals surface area contributed by atoms with Gasteiger partial charge in [-0.3, -0.25) is 4.79 Å². The molecule has 0 bridgehead atoms. The minimum absolute atomic E-state index is 0.0780. The average Bonchev–Trinajstić information content (AvgIpc) is 2.30. The standard InChI is InChI=1S/C15H30O3/c1-13(2)8-7-11-17-9-5-6-10-18-12-15(16)14(3)4/h13-14H,5-12H2,1-4H3. The lowest BCUT2D eigenvalue weighted by atomic mass is 10.1. The van der Waals surface area contributed by atoms with E-state index in [0.717, 1.165) is 38.4 Å². The SMILES string of the molecule is CC(C)CCCOCCCCOCC(=O)C(C)C. The van der Waals surface area contributed by atoms with E-state index in [1.54, 1.807) is 0 Å². The Balaban J connectivity index is 3.10. The maximum atomic E-state index is 11.3. The first kappa shape index (κ1) is 17.6. The average molecular weight is 258 g/mol. The van der Waals surface area contributed by atoms with E-state index in [1.807, 2.05) is 13.8 Å². The molecule has 0 atom stereocenters. The van der Waals surface area contributed by atoms with E-state index in [9.17, 15) is 4.79 Å². The topological polar surface area (TPSA) is 35.5 Å². The fraction of sp³-hybridized carbons (Fsp3) is 0.933. The van der Waals surface area contributed by atoms with Crippen LogP contribution in [0.5, 0.6) is 0 Å². The molecule has 0 fully saturated rings. The Labute approximate surface area is 112 Å². The number of hydrogen-bond acceptors (Lipinski definition) is 3. The van der Waals surface area contributed by atoms with Crippen molar-refractivity contribution in [2.45, 2.75) is 53.4 Å². The smallest absolute Gasteiger partial charge is 0.160 e. The third-order valence-corrected chi connectivity index (χ3v) is 2.79. The van der Waals surface area contributed by atoms with Crippen LogP contribution in [0.3, 0.4) is 0 Å². The van der Waals surface area contributed by atoms with Crippen LogP contribution in [0.25, 0.3) is 0 Å². The van der Waals surface area contributed by atoms with Gasteiger partial charge in [-0.1, -0.05) is 27.7 Å². The van der Waals surface area contributed by atoms with Gasteiger partial charge in [0.1, 0.15) is 6.61 Å². The number of ketones is 1. The third kappa shape index (κ3) is 12.1. The summed E-state index contributed by atoms with van der Waals surface area (Å²) in [5.74, 6) is 1.02. The van der Waals surface area contributed by atoms with Crippen molar-refractivity contribution in [2.24, 2.45) is 11.8 Å². The first-order valence-electron chi connectivity index (χ1n) is 7.22. The minimum atomic E-state index is 0.0780. The number of hydrogen-bond donors (Lipinski definition) is 0. The highest BCUT2D eigenvalue weighted by Crippen LogP contribution is 2.03. The van der Waals surface area contributed by atoms with Gasteiger partial charge < -0.3 is 9.47 Å². The zero-order chi connectivity index (χ0) is 13.8. The first-order valence-corrected chi connectivity index (χ1v) is 7.22. The molecule has 3 nitrogen and oxygen atoms in total. The normalized spacial score (nSPS) is 11.4. The van der Waals surface area contributed by atoms with Gasteiger partial charge in [-0.2, -0.15) is 0 Å². The molecule has 0 spiro atoms. The second-order valence-corrected chi connectivity index (χ2v) is 5.53. The van der Waals surface area contributed by atoms with Gasteiger partial charge in [0.25, 0.3) is 0 Å². The highest BCUT2D eigenvalue weighted by atomic mass is 16.5. The molecule has 0 amide bonds. The van der Waals surface area contributed by atoms with E-state index in [2.05, 4.69) is 13.8 Å². The van der Waals surface area contributed by atoms with Crippen LogP contribution in [0, 0.1) is 11.8 Å². The van der Waals surface area contributed by atoms with Gasteiger partial charge in [0, 0.05) is 25.7 Å². The number of Topliss-reactive ketones (excluding diaryl/α,β-unsaturated/α-hetero) is 1. The molecule has 3 heteroatoms. The van der Waals surface area contributed by atoms with Crippen molar-refractivity contribution in [3.63, 3.8) is 0 Å². The molecule has 0 aliphatic carbocycles. The first-order chi connectivity index (χ1) is 8.54. The molecular formula is C15H30O3. The minimum Gasteiger partial charge on any atom is -0.381 e. The largest absolute Gasteiger partial charge is 0.381 e. The summed E-state index contributed by atoms with van der Waals surface area (Å²) in [6, 6.07) is 0. The lowest BCUT2D eigenvalue weighted by Crippen LogP contribution is -2.15. The fourth-order valence-electron chi connectivity index (χ4n) is 1.44. The molecular weight excluding hydrogens is 228 g/mol. The van der Waals surface area contributed by atoms with Crippen molar-refractivity contribution in [3.8, 4) is 0 Å². The predicted octanol–water partition coefficient (Wildman–Crippen LogP) is 3.46. The van der Waals surface area contributed by atoms with Crippen molar-refractivity contribution >= 4 is 5.78 Å². The molecule has 0 aromatic carbocycles. The van der Waals surface area contributed by atoms with Gasteiger partial charge >= 0.3 is 0 Å². The van der Waals surface area contributed by atoms with Crippen LogP contribution < -0.4 is 0 Å². The Kier molecular flexibility index (Phi) is 11.4. The zero-order valence-electron chi connectivity index (χ0n) is 12.5. The lowest BCUT2D eigenvalue weighted by Gasteiger charge is -2.07. The zero-order valence-corrected chi connectivity index (χ0v) is 12.5. The number of carbonyl (C=O) groups excluding carboxylic acids is 1. The number of unbranched alkanes of at least 4 members (excludes halogenated alkanes) is 1. The Morgan fingerprint density at radius 3 is 2.00 bits per heavy atom. The van der Waals surface area contributed by atoms with Crippen molar-refractivity contribution in [1.29, 1.82) is 0 Å². The molecule has 108 valence electrons. The maximum Gasteiger partial charge on any atom is 0.160 e. The van der Waals surface area contributed by atoms with Crippen LogP contribution >= 0.6 is 0 Å². The van der Waals surface area contributed by atoms with Crippen molar-refractivity contribution in [2.75, 3.05) is 26.4 Å². The van der Waals surface area contributed by atoms with Crippen molar-refractivity contribution in [3.05, 3.63) is 0 Å². The Hall–Kier alpha value is -0.410. The van der Waals surface area contributed by atoms with E-state index in [1.165, 1.54) is 6.42 Å². The van der Waals surface area contributed by atoms with E-state index < -0.39 is 0 Å². The highest BCUT2D eigenvalue weighted by molar-refractivity contribution is 5.81. The number of rotatable bonds is 12. The number of carbonyl (C=O) groups is 1. The van der Waals surface area contributed by atoms with E-state index in [0.29, 0.717) is 6.61 Å². The molecule has 18 heavy (non-hydrogen) atoms. The summed E-state index contributed by atoms with van der Waals surface area (Å²) in [5, 5.41) is 0. The van der Waals surface area contributed by atoms with Gasteiger partial charge in [0.2, 0.25) is 0 Å². The molecule has 0 unspecified atom stereocenters. The number of ether oxygens (including phenoxy) is 2. The molecule has 0 N–H and O–H groups in total. The van der Waals surface area contributed by atoms with Crippen molar-refractivity contribution < 1.29 is 14.3 Å². The van der Waals surface area contributed by atoms with Gasteiger partial charge in [0.05, 0.1) is 0 Å². The molecule has 0 aromatic rings. The van der Waals surface area contributed by atoms with Crippen LogP contribution in [0.1, 0.15) is 53.4 Å². The van der Waals surface area contributed by atoms with Crippen molar-refractivity contribution in [1.82, 2.24) is 0 Å². The predicted molar refractivity (Wildman–Crippen MR) is 74.8 cm³/mol. The van der Waals surface area contributed by atoms with Crippen LogP contribution in [0.2, 0.25) is 0 Å².